The maximum atomic E-state index is 13.3. The van der Waals surface area contributed by atoms with E-state index in [1.165, 1.54) is 57.8 Å². The van der Waals surface area contributed by atoms with Crippen molar-refractivity contribution in [2.75, 3.05) is 0 Å². The number of hydrogen-bond acceptors (Lipinski definition) is 9. The van der Waals surface area contributed by atoms with Gasteiger partial charge in [-0.3, -0.25) is 19.2 Å². The van der Waals surface area contributed by atoms with Crippen molar-refractivity contribution in [1.29, 1.82) is 0 Å². The van der Waals surface area contributed by atoms with Crippen LogP contribution in [0.2, 0.25) is 0 Å². The minimum absolute atomic E-state index is 0.179. The van der Waals surface area contributed by atoms with Crippen molar-refractivity contribution in [2.45, 2.75) is 285 Å². The number of rotatable bonds is 12. The van der Waals surface area contributed by atoms with E-state index in [0.717, 1.165) is 109 Å². The van der Waals surface area contributed by atoms with Crippen LogP contribution in [0.15, 0.2) is 0 Å². The number of carboxylic acids is 3. The largest absolute Gasteiger partial charge is 0.481 e. The molecule has 84 heavy (non-hydrogen) atoms. The number of Topliss-reactive ketones (excluding diaryl/α,β-unsaturated/α-hetero) is 1. The smallest absolute Gasteiger partial charge is 0.303 e. The Balaban J connectivity index is 0.000000140. The predicted molar refractivity (Wildman–Crippen MR) is 325 cm³/mol. The van der Waals surface area contributed by atoms with Crippen molar-refractivity contribution in [3.05, 3.63) is 0 Å². The molecule has 12 unspecified atom stereocenters. The summed E-state index contributed by atoms with van der Waals surface area (Å²) in [7, 11) is 0. The van der Waals surface area contributed by atoms with E-state index in [2.05, 4.69) is 62.3 Å². The highest BCUT2D eigenvalue weighted by Gasteiger charge is 2.66. The lowest BCUT2D eigenvalue weighted by Gasteiger charge is -2.62. The maximum absolute atomic E-state index is 13.3. The van der Waals surface area contributed by atoms with Crippen LogP contribution in [-0.4, -0.2) is 95.1 Å². The molecular formula is C72H118O12. The molecule has 0 aliphatic heterocycles. The number of carbonyl (C=O) groups is 4. The van der Waals surface area contributed by atoms with E-state index in [1.807, 2.05) is 0 Å². The van der Waals surface area contributed by atoms with Gasteiger partial charge in [0.2, 0.25) is 0 Å². The van der Waals surface area contributed by atoms with Gasteiger partial charge >= 0.3 is 17.9 Å². The maximum Gasteiger partial charge on any atom is 0.303 e. The highest BCUT2D eigenvalue weighted by atomic mass is 16.4. The van der Waals surface area contributed by atoms with Crippen LogP contribution in [0.25, 0.3) is 0 Å². The number of ketones is 1. The molecule has 12 heteroatoms. The van der Waals surface area contributed by atoms with Crippen molar-refractivity contribution in [1.82, 2.24) is 0 Å². The third-order valence-electron chi connectivity index (χ3n) is 30.5. The number of aliphatic hydroxyl groups is 5. The number of aliphatic carboxylic acids is 3. The summed E-state index contributed by atoms with van der Waals surface area (Å²) < 4.78 is 0. The Morgan fingerprint density at radius 2 is 0.679 bits per heavy atom. The molecule has 29 atom stereocenters. The molecule has 0 amide bonds. The lowest BCUT2D eigenvalue weighted by molar-refractivity contribution is -0.174. The molecule has 12 aliphatic carbocycles. The molecule has 0 aromatic carbocycles. The van der Waals surface area contributed by atoms with Gasteiger partial charge in [-0.15, -0.1) is 0 Å². The van der Waals surface area contributed by atoms with Gasteiger partial charge in [-0.25, -0.2) is 0 Å². The van der Waals surface area contributed by atoms with Gasteiger partial charge in [0.15, 0.2) is 0 Å². The fraction of sp³-hybridized carbons (Fsp3) is 0.944. The monoisotopic (exact) mass is 1170 g/mol. The summed E-state index contributed by atoms with van der Waals surface area (Å²) in [6.07, 6.45) is 27.2. The molecule has 0 spiro atoms. The van der Waals surface area contributed by atoms with Gasteiger partial charge in [-0.05, 0) is 300 Å². The van der Waals surface area contributed by atoms with Crippen molar-refractivity contribution in [3.8, 4) is 0 Å². The van der Waals surface area contributed by atoms with Gasteiger partial charge < -0.3 is 40.9 Å². The SMILES string of the molecule is C[C@H](CCC(=O)O)[C@H]1CCC2C3C(=O)CC4C[C@H](O)CC[C@]4(C)C3CC[C@@]21C.C[C@H](CCC(=O)O)[C@H]1CCC2C3C(CC[C@@]21C)[C@@]1(C)CC[C@@H](O)CC1C[C@@H]3O.C[C@H](CCC(=O)O)[C@H]1CCC2C3C(CC[C@@]21C)[C@@]1(C)CC[C@@H](O)CC1C[C@H]3O. The summed E-state index contributed by atoms with van der Waals surface area (Å²) in [5, 5.41) is 80.3. The first-order chi connectivity index (χ1) is 39.5. The molecule has 12 rings (SSSR count). The van der Waals surface area contributed by atoms with Crippen molar-refractivity contribution >= 4 is 23.7 Å². The van der Waals surface area contributed by atoms with E-state index in [9.17, 15) is 44.7 Å². The lowest BCUT2D eigenvalue weighted by atomic mass is 9.43. The first kappa shape index (κ1) is 64.9. The Morgan fingerprint density at radius 1 is 0.393 bits per heavy atom. The quantitative estimate of drug-likeness (QED) is 0.0912. The zero-order valence-electron chi connectivity index (χ0n) is 53.7. The van der Waals surface area contributed by atoms with Crippen molar-refractivity contribution in [2.24, 2.45) is 139 Å². The van der Waals surface area contributed by atoms with E-state index >= 15 is 0 Å². The first-order valence-corrected chi connectivity index (χ1v) is 35.1. The van der Waals surface area contributed by atoms with Crippen LogP contribution in [0.4, 0.5) is 0 Å². The van der Waals surface area contributed by atoms with Crippen molar-refractivity contribution in [3.63, 3.8) is 0 Å². The molecule has 0 aromatic heterocycles. The van der Waals surface area contributed by atoms with Gasteiger partial charge in [-0.1, -0.05) is 62.3 Å². The molecule has 12 saturated carbocycles. The minimum Gasteiger partial charge on any atom is -0.481 e. The van der Waals surface area contributed by atoms with E-state index in [-0.39, 0.29) is 88.2 Å². The molecule has 12 aliphatic rings. The molecule has 8 N–H and O–H groups in total. The molecular weight excluding hydrogens is 1060 g/mol. The molecule has 478 valence electrons. The number of hydrogen-bond donors (Lipinski definition) is 8. The van der Waals surface area contributed by atoms with Crippen LogP contribution in [0, 0.1) is 139 Å². The van der Waals surface area contributed by atoms with Crippen LogP contribution in [0.3, 0.4) is 0 Å². The van der Waals surface area contributed by atoms with Gasteiger partial charge in [0, 0.05) is 31.6 Å². The highest BCUT2D eigenvalue weighted by Crippen LogP contribution is 2.72. The third-order valence-corrected chi connectivity index (χ3v) is 30.5. The van der Waals surface area contributed by atoms with Gasteiger partial charge in [0.25, 0.3) is 0 Å². The van der Waals surface area contributed by atoms with Gasteiger partial charge in [0.05, 0.1) is 30.5 Å². The second-order valence-electron chi connectivity index (χ2n) is 33.9. The highest BCUT2D eigenvalue weighted by molar-refractivity contribution is 5.83. The topological polar surface area (TPSA) is 230 Å². The molecule has 0 bridgehead atoms. The van der Waals surface area contributed by atoms with E-state index in [4.69, 9.17) is 15.3 Å². The lowest BCUT2D eigenvalue weighted by Crippen LogP contribution is -2.58. The Hall–Kier alpha value is -2.12. The fourth-order valence-electron chi connectivity index (χ4n) is 25.9. The van der Waals surface area contributed by atoms with Crippen LogP contribution >= 0.6 is 0 Å². The van der Waals surface area contributed by atoms with E-state index in [1.54, 1.807) is 0 Å². The van der Waals surface area contributed by atoms with Crippen molar-refractivity contribution < 1.29 is 60.0 Å². The summed E-state index contributed by atoms with van der Waals surface area (Å²) in [5.41, 5.74) is 1.45. The Morgan fingerprint density at radius 3 is 1.05 bits per heavy atom. The summed E-state index contributed by atoms with van der Waals surface area (Å²) in [5.74, 6) is 6.96. The standard InChI is InChI=1S/2C24H40O4.C24H38O4/c3*1-14(4-7-21(27)28)17-5-6-18-22-19(9-11-24(17,18)3)23(2)10-8-16(25)12-15(23)13-20(22)26/h2*14-20,22,25-26H,4-13H2,1-3H3,(H,27,28);14-19,22,25H,4-13H2,1-3H3,(H,27,28)/t14-,15?,16-,17-,18?,19?,20+,22?,23+,24-;14-,15?,16-,17-,18?,19?,20-,22?,23+,24-;14-,15?,16-,17-,18?,19?,22?,23+,24-/m111/s1. The van der Waals surface area contributed by atoms with E-state index in [0.29, 0.717) is 113 Å². The Kier molecular flexibility index (Phi) is 19.0. The van der Waals surface area contributed by atoms with Gasteiger partial charge in [0.1, 0.15) is 5.78 Å². The molecule has 0 saturated heterocycles. The minimum atomic E-state index is -0.698. The summed E-state index contributed by atoms with van der Waals surface area (Å²) >= 11 is 0. The second-order valence-corrected chi connectivity index (χ2v) is 33.9. The zero-order chi connectivity index (χ0) is 60.8. The zero-order valence-corrected chi connectivity index (χ0v) is 53.7. The van der Waals surface area contributed by atoms with Crippen LogP contribution in [-0.2, 0) is 19.2 Å². The summed E-state index contributed by atoms with van der Waals surface area (Å²) in [6.45, 7) is 21.4. The Bertz CT molecular complexity index is 2260. The number of aliphatic hydroxyl groups excluding tert-OH is 5. The van der Waals surface area contributed by atoms with E-state index < -0.39 is 17.9 Å². The average Bonchev–Trinajstić information content (AvgIpc) is 1.47. The van der Waals surface area contributed by atoms with Crippen LogP contribution in [0.1, 0.15) is 255 Å². The average molecular weight is 1180 g/mol. The molecule has 12 fully saturated rings. The number of carbonyl (C=O) groups excluding carboxylic acids is 1. The molecule has 0 heterocycles. The first-order valence-electron chi connectivity index (χ1n) is 35.1. The van der Waals surface area contributed by atoms with Crippen LogP contribution in [0.5, 0.6) is 0 Å². The molecule has 0 radical (unpaired) electrons. The normalized spacial score (nSPS) is 50.8. The number of carboxylic acid groups (broad SMARTS) is 3. The predicted octanol–water partition coefficient (Wildman–Crippen LogP) is 13.6. The van der Waals surface area contributed by atoms with Gasteiger partial charge in [-0.2, -0.15) is 0 Å². The Labute approximate surface area is 506 Å². The second kappa shape index (κ2) is 24.6. The summed E-state index contributed by atoms with van der Waals surface area (Å²) in [6, 6.07) is 0. The number of fused-ring (bicyclic) bond motifs is 15. The molecule has 12 nitrogen and oxygen atoms in total. The van der Waals surface area contributed by atoms with Crippen LogP contribution < -0.4 is 0 Å². The third kappa shape index (κ3) is 11.5. The summed E-state index contributed by atoms with van der Waals surface area (Å²) in [4.78, 5) is 46.5. The fourth-order valence-corrected chi connectivity index (χ4v) is 25.9. The molecule has 0 aromatic rings.